The van der Waals surface area contributed by atoms with Crippen molar-refractivity contribution >= 4 is 23.0 Å². The minimum absolute atomic E-state index is 0.207. The van der Waals surface area contributed by atoms with Gasteiger partial charge in [-0.25, -0.2) is 4.79 Å². The predicted octanol–water partition coefficient (Wildman–Crippen LogP) is 4.40. The van der Waals surface area contributed by atoms with Gasteiger partial charge in [-0.2, -0.15) is 0 Å². The van der Waals surface area contributed by atoms with Gasteiger partial charge in [0.25, 0.3) is 0 Å². The molecule has 7 nitrogen and oxygen atoms in total. The zero-order valence-corrected chi connectivity index (χ0v) is 17.3. The number of benzene rings is 2. The highest BCUT2D eigenvalue weighted by molar-refractivity contribution is 7.18. The van der Waals surface area contributed by atoms with Crippen LogP contribution in [0.4, 0.5) is 5.69 Å². The summed E-state index contributed by atoms with van der Waals surface area (Å²) >= 11 is 1.16. The molecule has 0 aliphatic carbocycles. The van der Waals surface area contributed by atoms with Crippen LogP contribution in [0.2, 0.25) is 0 Å². The molecule has 0 fully saturated rings. The number of nitrogen functional groups attached to an aromatic ring is 1. The highest BCUT2D eigenvalue weighted by Crippen LogP contribution is 2.46. The van der Waals surface area contributed by atoms with Crippen molar-refractivity contribution in [1.29, 1.82) is 0 Å². The van der Waals surface area contributed by atoms with Gasteiger partial charge in [0.15, 0.2) is 11.5 Å². The number of hydrogen-bond acceptors (Lipinski definition) is 7. The molecule has 0 unspecified atom stereocenters. The number of carboxylic acid groups (broad SMARTS) is 1. The van der Waals surface area contributed by atoms with Crippen LogP contribution in [0, 0.1) is 0 Å². The van der Waals surface area contributed by atoms with Gasteiger partial charge in [0.1, 0.15) is 10.6 Å². The maximum Gasteiger partial charge on any atom is 0.345 e. The van der Waals surface area contributed by atoms with Gasteiger partial charge in [-0.3, -0.25) is 0 Å². The van der Waals surface area contributed by atoms with Gasteiger partial charge in [0, 0.05) is 10.4 Å². The Morgan fingerprint density at radius 2 is 1.48 bits per heavy atom. The van der Waals surface area contributed by atoms with Gasteiger partial charge >= 0.3 is 5.97 Å². The molecule has 0 aliphatic rings. The van der Waals surface area contributed by atoms with Crippen LogP contribution in [-0.4, -0.2) is 39.5 Å². The van der Waals surface area contributed by atoms with Crippen LogP contribution in [0.3, 0.4) is 0 Å². The van der Waals surface area contributed by atoms with Crippen molar-refractivity contribution < 1.29 is 28.8 Å². The number of thiophene rings is 1. The third-order valence-electron chi connectivity index (χ3n) is 4.41. The summed E-state index contributed by atoms with van der Waals surface area (Å²) in [5.74, 6) is 0.969. The zero-order chi connectivity index (χ0) is 21.1. The first-order valence-corrected chi connectivity index (χ1v) is 9.36. The second-order valence-electron chi connectivity index (χ2n) is 6.03. The molecule has 1 heterocycles. The second-order valence-corrected chi connectivity index (χ2v) is 7.08. The number of carbonyl (C=O) groups is 1. The molecule has 29 heavy (non-hydrogen) atoms. The molecule has 0 bridgehead atoms. The third kappa shape index (κ3) is 3.79. The lowest BCUT2D eigenvalue weighted by Gasteiger charge is -2.14. The number of ether oxygens (including phenoxy) is 4. The van der Waals surface area contributed by atoms with Crippen molar-refractivity contribution in [2.24, 2.45) is 0 Å². The van der Waals surface area contributed by atoms with Crippen molar-refractivity contribution in [1.82, 2.24) is 0 Å². The number of rotatable bonds is 7. The second kappa shape index (κ2) is 8.32. The Morgan fingerprint density at radius 3 is 1.97 bits per heavy atom. The molecule has 0 saturated carbocycles. The summed E-state index contributed by atoms with van der Waals surface area (Å²) in [6, 6.07) is 10.6. The normalized spacial score (nSPS) is 10.5. The largest absolute Gasteiger partial charge is 0.495 e. The van der Waals surface area contributed by atoms with Crippen molar-refractivity contribution in [2.75, 3.05) is 34.2 Å². The SMILES string of the molecule is COc1ccc(-c2cc(C(=O)O)sc2-c2cc(OC)c(OC)c(OC)c2)cc1N. The lowest BCUT2D eigenvalue weighted by molar-refractivity contribution is 0.0702. The number of aromatic carboxylic acids is 1. The first kappa shape index (κ1) is 20.3. The van der Waals surface area contributed by atoms with E-state index in [1.165, 1.54) is 21.3 Å². The van der Waals surface area contributed by atoms with Crippen LogP contribution < -0.4 is 24.7 Å². The van der Waals surface area contributed by atoms with E-state index in [0.29, 0.717) is 28.7 Å². The summed E-state index contributed by atoms with van der Waals surface area (Å²) in [5, 5.41) is 9.53. The quantitative estimate of drug-likeness (QED) is 0.552. The summed E-state index contributed by atoms with van der Waals surface area (Å²) in [6.45, 7) is 0. The molecule has 3 N–H and O–H groups in total. The molecule has 0 aliphatic heterocycles. The zero-order valence-electron chi connectivity index (χ0n) is 16.4. The Labute approximate surface area is 172 Å². The van der Waals surface area contributed by atoms with E-state index in [1.807, 2.05) is 6.07 Å². The molecule has 0 atom stereocenters. The van der Waals surface area contributed by atoms with Crippen LogP contribution in [-0.2, 0) is 0 Å². The molecule has 1 aromatic heterocycles. The third-order valence-corrected chi connectivity index (χ3v) is 5.58. The number of anilines is 1. The Morgan fingerprint density at radius 1 is 0.862 bits per heavy atom. The van der Waals surface area contributed by atoms with Gasteiger partial charge in [-0.15, -0.1) is 11.3 Å². The molecule has 152 valence electrons. The number of methoxy groups -OCH3 is 4. The van der Waals surface area contributed by atoms with E-state index in [4.69, 9.17) is 24.7 Å². The molecule has 3 rings (SSSR count). The fourth-order valence-electron chi connectivity index (χ4n) is 3.04. The van der Waals surface area contributed by atoms with E-state index >= 15 is 0 Å². The van der Waals surface area contributed by atoms with Crippen LogP contribution in [0.25, 0.3) is 21.6 Å². The minimum Gasteiger partial charge on any atom is -0.495 e. The van der Waals surface area contributed by atoms with Crippen LogP contribution >= 0.6 is 11.3 Å². The van der Waals surface area contributed by atoms with Crippen molar-refractivity contribution in [3.8, 4) is 44.6 Å². The van der Waals surface area contributed by atoms with Crippen molar-refractivity contribution in [3.63, 3.8) is 0 Å². The van der Waals surface area contributed by atoms with Gasteiger partial charge in [-0.1, -0.05) is 6.07 Å². The Kier molecular flexibility index (Phi) is 5.84. The van der Waals surface area contributed by atoms with Crippen LogP contribution in [0.15, 0.2) is 36.4 Å². The molecule has 0 spiro atoms. The lowest BCUT2D eigenvalue weighted by atomic mass is 10.0. The summed E-state index contributed by atoms with van der Waals surface area (Å²) < 4.78 is 21.5. The Bertz CT molecular complexity index is 1030. The summed E-state index contributed by atoms with van der Waals surface area (Å²) in [5.41, 5.74) is 8.76. The fraction of sp³-hybridized carbons (Fsp3) is 0.190. The summed E-state index contributed by atoms with van der Waals surface area (Å²) in [7, 11) is 6.13. The first-order chi connectivity index (χ1) is 13.9. The van der Waals surface area contributed by atoms with E-state index in [0.717, 1.165) is 32.9 Å². The summed E-state index contributed by atoms with van der Waals surface area (Å²) in [6.07, 6.45) is 0. The molecule has 2 aromatic carbocycles. The molecule has 8 heteroatoms. The fourth-order valence-corrected chi connectivity index (χ4v) is 4.05. The van der Waals surface area contributed by atoms with Gasteiger partial charge in [0.2, 0.25) is 5.75 Å². The maximum absolute atomic E-state index is 11.6. The highest BCUT2D eigenvalue weighted by Gasteiger charge is 2.21. The first-order valence-electron chi connectivity index (χ1n) is 8.54. The molecule has 0 amide bonds. The molecule has 0 saturated heterocycles. The average Bonchev–Trinajstić information content (AvgIpc) is 3.18. The summed E-state index contributed by atoms with van der Waals surface area (Å²) in [4.78, 5) is 12.6. The van der Waals surface area contributed by atoms with Crippen molar-refractivity contribution in [3.05, 3.63) is 41.3 Å². The average molecular weight is 415 g/mol. The predicted molar refractivity (Wildman–Crippen MR) is 113 cm³/mol. The monoisotopic (exact) mass is 415 g/mol. The van der Waals surface area contributed by atoms with E-state index in [-0.39, 0.29) is 4.88 Å². The van der Waals surface area contributed by atoms with Gasteiger partial charge in [0.05, 0.1) is 34.1 Å². The minimum atomic E-state index is -1.00. The number of hydrogen-bond donors (Lipinski definition) is 2. The smallest absolute Gasteiger partial charge is 0.345 e. The number of nitrogens with two attached hydrogens (primary N) is 1. The van der Waals surface area contributed by atoms with E-state index < -0.39 is 5.97 Å². The van der Waals surface area contributed by atoms with E-state index in [9.17, 15) is 9.90 Å². The Balaban J connectivity index is 2.25. The van der Waals surface area contributed by atoms with E-state index in [2.05, 4.69) is 0 Å². The molecular formula is C21H21NO6S. The number of carboxylic acids is 1. The van der Waals surface area contributed by atoms with E-state index in [1.54, 1.807) is 37.4 Å². The molecule has 0 radical (unpaired) electrons. The standard InChI is InChI=1S/C21H21NO6S/c1-25-15-6-5-11(7-14(15)22)13-10-18(21(23)24)29-20(13)12-8-16(26-2)19(28-4)17(9-12)27-3/h5-10H,22H2,1-4H3,(H,23,24). The Hall–Kier alpha value is -3.39. The topological polar surface area (TPSA) is 100 Å². The highest BCUT2D eigenvalue weighted by atomic mass is 32.1. The van der Waals surface area contributed by atoms with Gasteiger partial charge < -0.3 is 29.8 Å². The van der Waals surface area contributed by atoms with Crippen LogP contribution in [0.1, 0.15) is 9.67 Å². The van der Waals surface area contributed by atoms with Crippen molar-refractivity contribution in [2.45, 2.75) is 0 Å². The van der Waals surface area contributed by atoms with Gasteiger partial charge in [-0.05, 0) is 41.5 Å². The molecular weight excluding hydrogens is 394 g/mol. The van der Waals surface area contributed by atoms with Crippen LogP contribution in [0.5, 0.6) is 23.0 Å². The maximum atomic E-state index is 11.6. The lowest BCUT2D eigenvalue weighted by Crippen LogP contribution is -1.96. The molecule has 3 aromatic rings.